The number of hydrogen-bond donors (Lipinski definition) is 3. The van der Waals surface area contributed by atoms with Crippen molar-refractivity contribution >= 4 is 27.7 Å². The fraction of sp³-hybridized carbons (Fsp3) is 0.241. The van der Waals surface area contributed by atoms with Gasteiger partial charge in [-0.2, -0.15) is 0 Å². The fourth-order valence-corrected chi connectivity index (χ4v) is 4.70. The molecule has 10 heteroatoms. The van der Waals surface area contributed by atoms with Crippen molar-refractivity contribution in [1.29, 1.82) is 0 Å². The zero-order valence-electron chi connectivity index (χ0n) is 21.0. The normalized spacial score (nSPS) is 18.3. The first-order valence-corrected chi connectivity index (χ1v) is 13.1. The van der Waals surface area contributed by atoms with Crippen molar-refractivity contribution in [2.24, 2.45) is 4.99 Å². The second kappa shape index (κ2) is 13.0. The first-order valence-electron chi connectivity index (χ1n) is 12.3. The van der Waals surface area contributed by atoms with E-state index in [4.69, 9.17) is 19.6 Å². The van der Waals surface area contributed by atoms with E-state index in [1.54, 1.807) is 30.3 Å². The van der Waals surface area contributed by atoms with Crippen molar-refractivity contribution in [3.8, 4) is 5.75 Å². The molecule has 0 bridgehead atoms. The highest BCUT2D eigenvalue weighted by molar-refractivity contribution is 9.10. The van der Waals surface area contributed by atoms with Crippen LogP contribution in [-0.2, 0) is 16.1 Å². The molecule has 0 aromatic heterocycles. The number of amides is 1. The van der Waals surface area contributed by atoms with Gasteiger partial charge in [-0.1, -0.05) is 40.2 Å². The summed E-state index contributed by atoms with van der Waals surface area (Å²) in [5.74, 6) is -0.833. The van der Waals surface area contributed by atoms with E-state index in [9.17, 15) is 13.6 Å². The molecule has 0 fully saturated rings. The number of carbonyl (C=O) groups is 1. The van der Waals surface area contributed by atoms with Crippen molar-refractivity contribution in [2.75, 3.05) is 13.2 Å². The van der Waals surface area contributed by atoms with Gasteiger partial charge < -0.3 is 14.6 Å². The van der Waals surface area contributed by atoms with Gasteiger partial charge in [0, 0.05) is 47.2 Å². The first-order chi connectivity index (χ1) is 18.9. The third-order valence-corrected chi connectivity index (χ3v) is 6.88. The van der Waals surface area contributed by atoms with Crippen LogP contribution in [0.15, 0.2) is 88.9 Å². The molecule has 1 heterocycles. The van der Waals surface area contributed by atoms with Crippen molar-refractivity contribution in [3.63, 3.8) is 0 Å². The average molecular weight is 600 g/mol. The van der Waals surface area contributed by atoms with Gasteiger partial charge in [-0.15, -0.1) is 6.58 Å². The lowest BCUT2D eigenvalue weighted by molar-refractivity contribution is -0.130. The maximum absolute atomic E-state index is 14.1. The van der Waals surface area contributed by atoms with Crippen molar-refractivity contribution in [1.82, 2.24) is 10.9 Å². The van der Waals surface area contributed by atoms with E-state index in [1.165, 1.54) is 0 Å². The number of carbonyl (C=O) groups excluding carboxylic acids is 1. The molecule has 3 aromatic carbocycles. The molecule has 0 saturated heterocycles. The minimum Gasteiger partial charge on any atom is -0.494 e. The maximum atomic E-state index is 14.1. The highest BCUT2D eigenvalue weighted by Crippen LogP contribution is 2.44. The smallest absolute Gasteiger partial charge is 0.266 e. The number of ether oxygens (including phenoxy) is 2. The van der Waals surface area contributed by atoms with E-state index in [0.29, 0.717) is 29.9 Å². The largest absolute Gasteiger partial charge is 0.494 e. The zero-order chi connectivity index (χ0) is 27.8. The molecule has 4 rings (SSSR count). The highest BCUT2D eigenvalue weighted by atomic mass is 79.9. The Morgan fingerprint density at radius 2 is 1.95 bits per heavy atom. The molecule has 7 nitrogen and oxygen atoms in total. The molecule has 0 spiro atoms. The molecule has 2 atom stereocenters. The number of nitrogens with one attached hydrogen (secondary N) is 2. The maximum Gasteiger partial charge on any atom is 0.266 e. The molecular formula is C29H28BrF2N3O4. The first kappa shape index (κ1) is 28.4. The van der Waals surface area contributed by atoms with E-state index in [1.807, 2.05) is 24.3 Å². The van der Waals surface area contributed by atoms with Crippen LogP contribution in [-0.4, -0.2) is 35.7 Å². The second-order valence-corrected chi connectivity index (χ2v) is 9.70. The van der Waals surface area contributed by atoms with E-state index >= 15 is 0 Å². The van der Waals surface area contributed by atoms with E-state index in [0.717, 1.165) is 22.7 Å². The van der Waals surface area contributed by atoms with Crippen LogP contribution in [0.1, 0.15) is 35.6 Å². The van der Waals surface area contributed by atoms with E-state index in [2.05, 4.69) is 33.4 Å². The molecule has 0 aliphatic carbocycles. The Bertz CT molecular complexity index is 1350. The van der Waals surface area contributed by atoms with Gasteiger partial charge in [0.1, 0.15) is 17.4 Å². The van der Waals surface area contributed by atoms with E-state index < -0.39 is 29.2 Å². The third kappa shape index (κ3) is 6.52. The number of aliphatic hydroxyl groups excluding tert-OH is 1. The molecule has 1 aliphatic rings. The summed E-state index contributed by atoms with van der Waals surface area (Å²) in [4.78, 5) is 18.5. The molecule has 0 radical (unpaired) electrons. The Morgan fingerprint density at radius 3 is 2.67 bits per heavy atom. The Balaban J connectivity index is 1.63. The van der Waals surface area contributed by atoms with Crippen molar-refractivity contribution in [3.05, 3.63) is 112 Å². The molecular weight excluding hydrogens is 572 g/mol. The van der Waals surface area contributed by atoms with Crippen LogP contribution in [0.3, 0.4) is 0 Å². The third-order valence-electron chi connectivity index (χ3n) is 6.16. The van der Waals surface area contributed by atoms with Crippen LogP contribution >= 0.6 is 15.9 Å². The summed E-state index contributed by atoms with van der Waals surface area (Å²) in [5.41, 5.74) is 5.24. The van der Waals surface area contributed by atoms with Crippen LogP contribution < -0.4 is 15.6 Å². The minimum atomic E-state index is -1.45. The number of hydrazine groups is 1. The van der Waals surface area contributed by atoms with E-state index in [-0.39, 0.29) is 31.0 Å². The molecule has 39 heavy (non-hydrogen) atoms. The quantitative estimate of drug-likeness (QED) is 0.152. The van der Waals surface area contributed by atoms with Gasteiger partial charge in [0.05, 0.1) is 6.61 Å². The molecule has 3 aromatic rings. The Morgan fingerprint density at radius 1 is 1.18 bits per heavy atom. The summed E-state index contributed by atoms with van der Waals surface area (Å²) in [6.45, 7) is 4.11. The van der Waals surface area contributed by atoms with Crippen LogP contribution in [0.5, 0.6) is 5.75 Å². The predicted octanol–water partition coefficient (Wildman–Crippen LogP) is 5.14. The number of aliphatic imine (C=N–C) groups is 1. The van der Waals surface area contributed by atoms with Crippen LogP contribution in [0, 0.1) is 11.6 Å². The zero-order valence-corrected chi connectivity index (χ0v) is 22.6. The van der Waals surface area contributed by atoms with Crippen LogP contribution in [0.4, 0.5) is 8.78 Å². The lowest BCUT2D eigenvalue weighted by Crippen LogP contribution is -2.52. The van der Waals surface area contributed by atoms with Gasteiger partial charge in [0.15, 0.2) is 11.6 Å². The number of rotatable bonds is 12. The number of hydrogen-bond acceptors (Lipinski definition) is 6. The number of benzene rings is 3. The summed E-state index contributed by atoms with van der Waals surface area (Å²) in [7, 11) is 0. The molecule has 0 saturated carbocycles. The fourth-order valence-electron chi connectivity index (χ4n) is 4.21. The molecule has 0 unspecified atom stereocenters. The number of nitrogens with zero attached hydrogens (tertiary/aromatic N) is 1. The molecule has 204 valence electrons. The van der Waals surface area contributed by atoms with Crippen molar-refractivity contribution in [2.45, 2.75) is 31.0 Å². The standard InChI is InChI=1S/C29H28BrF2N3O4/c1-2-14-29(28(37)35-33-18-20-17-21(31)10-13-25(20)32)26(23-6-3-4-7-24(23)30)39-27(34-29)19-8-11-22(12-9-19)38-16-5-15-36/h2-4,6-13,17,26,33,36H,1,5,14-16,18H2,(H,35,37)/t26-,29-/m0/s1. The Labute approximate surface area is 233 Å². The lowest BCUT2D eigenvalue weighted by Gasteiger charge is -2.30. The van der Waals surface area contributed by atoms with Gasteiger partial charge in [0.2, 0.25) is 5.90 Å². The lowest BCUT2D eigenvalue weighted by atomic mass is 9.84. The SMILES string of the molecule is C=CC[C@]1(C(=O)NNCc2cc(F)ccc2F)N=C(c2ccc(OCCCO)cc2)O[C@H]1c1ccccc1Br. The Hall–Kier alpha value is -3.60. The monoisotopic (exact) mass is 599 g/mol. The van der Waals surface area contributed by atoms with Gasteiger partial charge >= 0.3 is 0 Å². The summed E-state index contributed by atoms with van der Waals surface area (Å²) in [6.07, 6.45) is 1.41. The van der Waals surface area contributed by atoms with Gasteiger partial charge in [0.25, 0.3) is 5.91 Å². The topological polar surface area (TPSA) is 92.2 Å². The summed E-state index contributed by atoms with van der Waals surface area (Å²) in [6, 6.07) is 17.6. The van der Waals surface area contributed by atoms with Crippen LogP contribution in [0.2, 0.25) is 0 Å². The van der Waals surface area contributed by atoms with Gasteiger partial charge in [-0.25, -0.2) is 19.2 Å². The van der Waals surface area contributed by atoms with Crippen LogP contribution in [0.25, 0.3) is 0 Å². The van der Waals surface area contributed by atoms with Gasteiger partial charge in [-0.05, 0) is 48.5 Å². The molecule has 1 aliphatic heterocycles. The highest BCUT2D eigenvalue weighted by Gasteiger charge is 2.53. The second-order valence-electron chi connectivity index (χ2n) is 8.85. The minimum absolute atomic E-state index is 0.0403. The number of aliphatic hydroxyl groups is 1. The summed E-state index contributed by atoms with van der Waals surface area (Å²) >= 11 is 3.56. The average Bonchev–Trinajstić information content (AvgIpc) is 3.32. The predicted molar refractivity (Wildman–Crippen MR) is 147 cm³/mol. The van der Waals surface area contributed by atoms with Crippen molar-refractivity contribution < 1.29 is 28.2 Å². The van der Waals surface area contributed by atoms with Gasteiger partial charge in [-0.3, -0.25) is 10.2 Å². The number of halogens is 3. The summed E-state index contributed by atoms with van der Waals surface area (Å²) < 4.78 is 40.3. The Kier molecular flexibility index (Phi) is 9.45. The molecule has 1 amide bonds. The summed E-state index contributed by atoms with van der Waals surface area (Å²) in [5, 5.41) is 8.95. The molecule has 3 N–H and O–H groups in total.